The number of aliphatic hydroxyl groups excluding tert-OH is 1. The van der Waals surface area contributed by atoms with E-state index in [1.165, 1.54) is 12.1 Å². The van der Waals surface area contributed by atoms with Gasteiger partial charge in [-0.25, -0.2) is 4.39 Å². The summed E-state index contributed by atoms with van der Waals surface area (Å²) >= 11 is 0. The first-order valence-corrected chi connectivity index (χ1v) is 5.23. The molecule has 0 saturated heterocycles. The molecule has 0 aliphatic carbocycles. The van der Waals surface area contributed by atoms with Crippen LogP contribution >= 0.6 is 0 Å². The van der Waals surface area contributed by atoms with Crippen molar-refractivity contribution in [2.45, 2.75) is 13.8 Å². The molecular formula is C12H18FNO. The summed E-state index contributed by atoms with van der Waals surface area (Å²) in [5.74, 6) is 0.370. The minimum Gasteiger partial charge on any atom is -0.396 e. The maximum atomic E-state index is 12.8. The van der Waals surface area contributed by atoms with Crippen LogP contribution in [0, 0.1) is 17.7 Å². The lowest BCUT2D eigenvalue weighted by molar-refractivity contribution is 0.198. The van der Waals surface area contributed by atoms with E-state index < -0.39 is 0 Å². The second-order valence-electron chi connectivity index (χ2n) is 4.08. The van der Waals surface area contributed by atoms with Gasteiger partial charge in [-0.1, -0.05) is 19.9 Å². The van der Waals surface area contributed by atoms with Gasteiger partial charge in [0.05, 0.1) is 0 Å². The first-order chi connectivity index (χ1) is 7.13. The number of anilines is 1. The van der Waals surface area contributed by atoms with Crippen LogP contribution in [0.4, 0.5) is 10.1 Å². The van der Waals surface area contributed by atoms with Crippen molar-refractivity contribution in [1.29, 1.82) is 0 Å². The fraction of sp³-hybridized carbons (Fsp3) is 0.500. The fourth-order valence-electron chi connectivity index (χ4n) is 1.36. The van der Waals surface area contributed by atoms with E-state index in [2.05, 4.69) is 19.2 Å². The lowest BCUT2D eigenvalue weighted by atomic mass is 9.97. The molecule has 0 aliphatic heterocycles. The highest BCUT2D eigenvalue weighted by atomic mass is 19.1. The Hall–Kier alpha value is -1.09. The molecule has 1 aromatic carbocycles. The third-order valence-electron chi connectivity index (χ3n) is 2.57. The Morgan fingerprint density at radius 3 is 2.67 bits per heavy atom. The molecule has 0 aromatic heterocycles. The first kappa shape index (κ1) is 12.0. The van der Waals surface area contributed by atoms with E-state index in [4.69, 9.17) is 5.11 Å². The van der Waals surface area contributed by atoms with Gasteiger partial charge in [-0.15, -0.1) is 0 Å². The van der Waals surface area contributed by atoms with Gasteiger partial charge in [0.25, 0.3) is 0 Å². The average Bonchev–Trinajstić information content (AvgIpc) is 2.18. The third-order valence-corrected chi connectivity index (χ3v) is 2.57. The minimum absolute atomic E-state index is 0.153. The molecule has 3 heteroatoms. The molecule has 0 saturated carbocycles. The summed E-state index contributed by atoms with van der Waals surface area (Å²) in [5, 5.41) is 12.2. The highest BCUT2D eigenvalue weighted by molar-refractivity contribution is 5.42. The van der Waals surface area contributed by atoms with Crippen LogP contribution < -0.4 is 5.32 Å². The molecule has 0 amide bonds. The van der Waals surface area contributed by atoms with E-state index in [-0.39, 0.29) is 18.3 Å². The standard InChI is InChI=1S/C12H18FNO/c1-9(2)10(8-15)7-14-12-5-3-4-11(13)6-12/h3-6,9-10,14-15H,7-8H2,1-2H3. The molecule has 0 radical (unpaired) electrons. The van der Waals surface area contributed by atoms with Crippen molar-refractivity contribution in [3.8, 4) is 0 Å². The smallest absolute Gasteiger partial charge is 0.125 e. The Bertz CT molecular complexity index is 301. The Morgan fingerprint density at radius 1 is 1.40 bits per heavy atom. The summed E-state index contributed by atoms with van der Waals surface area (Å²) in [4.78, 5) is 0. The minimum atomic E-state index is -0.245. The SMILES string of the molecule is CC(C)C(CO)CNc1cccc(F)c1. The summed E-state index contributed by atoms with van der Waals surface area (Å²) in [7, 11) is 0. The van der Waals surface area contributed by atoms with Crippen molar-refractivity contribution in [2.24, 2.45) is 11.8 Å². The second-order valence-corrected chi connectivity index (χ2v) is 4.08. The second kappa shape index (κ2) is 5.71. The van der Waals surface area contributed by atoms with Crippen LogP contribution in [0.3, 0.4) is 0 Å². The van der Waals surface area contributed by atoms with Crippen molar-refractivity contribution < 1.29 is 9.50 Å². The molecular weight excluding hydrogens is 193 g/mol. The van der Waals surface area contributed by atoms with Gasteiger partial charge in [0, 0.05) is 24.8 Å². The normalized spacial score (nSPS) is 12.9. The van der Waals surface area contributed by atoms with Crippen LogP contribution in [-0.4, -0.2) is 18.3 Å². The van der Waals surface area contributed by atoms with Crippen LogP contribution in [0.1, 0.15) is 13.8 Å². The van der Waals surface area contributed by atoms with Crippen LogP contribution in [0.2, 0.25) is 0 Å². The highest BCUT2D eigenvalue weighted by Gasteiger charge is 2.11. The molecule has 0 bridgehead atoms. The van der Waals surface area contributed by atoms with Gasteiger partial charge in [-0.05, 0) is 24.1 Å². The summed E-state index contributed by atoms with van der Waals surface area (Å²) in [6, 6.07) is 6.35. The van der Waals surface area contributed by atoms with Gasteiger partial charge >= 0.3 is 0 Å². The van der Waals surface area contributed by atoms with Crippen LogP contribution in [-0.2, 0) is 0 Å². The topological polar surface area (TPSA) is 32.3 Å². The zero-order valence-corrected chi connectivity index (χ0v) is 9.20. The predicted octanol–water partition coefficient (Wildman–Crippen LogP) is 2.50. The Kier molecular flexibility index (Phi) is 4.56. The van der Waals surface area contributed by atoms with Gasteiger partial charge < -0.3 is 10.4 Å². The average molecular weight is 211 g/mol. The molecule has 0 fully saturated rings. The first-order valence-electron chi connectivity index (χ1n) is 5.23. The molecule has 0 heterocycles. The summed E-state index contributed by atoms with van der Waals surface area (Å²) in [6.45, 7) is 4.94. The number of hydrogen-bond donors (Lipinski definition) is 2. The van der Waals surface area contributed by atoms with Crippen LogP contribution in [0.15, 0.2) is 24.3 Å². The molecule has 0 spiro atoms. The number of halogens is 1. The van der Waals surface area contributed by atoms with Gasteiger partial charge in [0.1, 0.15) is 5.82 Å². The monoisotopic (exact) mass is 211 g/mol. The molecule has 2 N–H and O–H groups in total. The number of benzene rings is 1. The Morgan fingerprint density at radius 2 is 2.13 bits per heavy atom. The molecule has 2 nitrogen and oxygen atoms in total. The molecule has 1 atom stereocenters. The van der Waals surface area contributed by atoms with Crippen molar-refractivity contribution >= 4 is 5.69 Å². The largest absolute Gasteiger partial charge is 0.396 e. The van der Waals surface area contributed by atoms with Crippen LogP contribution in [0.25, 0.3) is 0 Å². The van der Waals surface area contributed by atoms with Crippen LogP contribution in [0.5, 0.6) is 0 Å². The van der Waals surface area contributed by atoms with E-state index in [9.17, 15) is 4.39 Å². The summed E-state index contributed by atoms with van der Waals surface area (Å²) < 4.78 is 12.8. The summed E-state index contributed by atoms with van der Waals surface area (Å²) in [6.07, 6.45) is 0. The van der Waals surface area contributed by atoms with Gasteiger partial charge in [0.15, 0.2) is 0 Å². The van der Waals surface area contributed by atoms with E-state index in [0.29, 0.717) is 12.5 Å². The number of nitrogens with one attached hydrogen (secondary N) is 1. The molecule has 1 rings (SSSR count). The van der Waals surface area contributed by atoms with Gasteiger partial charge in [0.2, 0.25) is 0 Å². The highest BCUT2D eigenvalue weighted by Crippen LogP contribution is 2.13. The number of hydrogen-bond acceptors (Lipinski definition) is 2. The lowest BCUT2D eigenvalue weighted by Gasteiger charge is -2.19. The molecule has 84 valence electrons. The maximum absolute atomic E-state index is 12.8. The lowest BCUT2D eigenvalue weighted by Crippen LogP contribution is -2.22. The Balaban J connectivity index is 2.49. The van der Waals surface area contributed by atoms with E-state index >= 15 is 0 Å². The summed E-state index contributed by atoms with van der Waals surface area (Å²) in [5.41, 5.74) is 0.758. The van der Waals surface area contributed by atoms with E-state index in [1.54, 1.807) is 6.07 Å². The molecule has 15 heavy (non-hydrogen) atoms. The van der Waals surface area contributed by atoms with Crippen molar-refractivity contribution in [1.82, 2.24) is 0 Å². The Labute approximate surface area is 90.1 Å². The maximum Gasteiger partial charge on any atom is 0.125 e. The fourth-order valence-corrected chi connectivity index (χ4v) is 1.36. The van der Waals surface area contributed by atoms with Gasteiger partial charge in [-0.2, -0.15) is 0 Å². The van der Waals surface area contributed by atoms with Crippen molar-refractivity contribution in [3.05, 3.63) is 30.1 Å². The van der Waals surface area contributed by atoms with Crippen molar-refractivity contribution in [2.75, 3.05) is 18.5 Å². The molecule has 1 aromatic rings. The molecule has 1 unspecified atom stereocenters. The molecule has 0 aliphatic rings. The zero-order valence-electron chi connectivity index (χ0n) is 9.20. The van der Waals surface area contributed by atoms with E-state index in [0.717, 1.165) is 5.69 Å². The number of aliphatic hydroxyl groups is 1. The predicted molar refractivity (Wildman–Crippen MR) is 60.3 cm³/mol. The quantitative estimate of drug-likeness (QED) is 0.784. The van der Waals surface area contributed by atoms with Crippen molar-refractivity contribution in [3.63, 3.8) is 0 Å². The zero-order chi connectivity index (χ0) is 11.3. The third kappa shape index (κ3) is 3.88. The number of rotatable bonds is 5. The van der Waals surface area contributed by atoms with E-state index in [1.807, 2.05) is 6.07 Å². The van der Waals surface area contributed by atoms with Gasteiger partial charge in [-0.3, -0.25) is 0 Å².